The Morgan fingerprint density at radius 2 is 2.00 bits per heavy atom. The van der Waals surface area contributed by atoms with Crippen molar-refractivity contribution in [2.75, 3.05) is 0 Å². The number of rotatable bonds is 2. The van der Waals surface area contributed by atoms with E-state index >= 15 is 0 Å². The first-order valence-corrected chi connectivity index (χ1v) is 4.49. The summed E-state index contributed by atoms with van der Waals surface area (Å²) in [4.78, 5) is 10.6. The Bertz CT molecular complexity index is 486. The second-order valence-electron chi connectivity index (χ2n) is 3.24. The Morgan fingerprint density at radius 3 is 2.53 bits per heavy atom. The molecule has 0 radical (unpaired) electrons. The molecule has 2 aromatic rings. The molecule has 4 heteroatoms. The van der Waals surface area contributed by atoms with Crippen molar-refractivity contribution in [3.8, 4) is 17.0 Å². The number of benzene rings is 1. The van der Waals surface area contributed by atoms with E-state index in [4.69, 9.17) is 5.11 Å². The zero-order valence-corrected chi connectivity index (χ0v) is 8.21. The van der Waals surface area contributed by atoms with E-state index in [0.717, 1.165) is 17.5 Å². The average Bonchev–Trinajstić information content (AvgIpc) is 2.61. The molecule has 0 unspecified atom stereocenters. The molecule has 2 rings (SSSR count). The minimum atomic E-state index is 0.213. The van der Waals surface area contributed by atoms with Gasteiger partial charge in [-0.05, 0) is 30.3 Å². The number of carbonyl (C=O) groups is 1. The van der Waals surface area contributed by atoms with Gasteiger partial charge in [0.05, 0.1) is 5.69 Å². The van der Waals surface area contributed by atoms with Crippen LogP contribution in [0.5, 0.6) is 5.75 Å². The predicted molar refractivity (Wildman–Crippen MR) is 55.7 cm³/mol. The lowest BCUT2D eigenvalue weighted by atomic mass is 10.1. The molecule has 1 heterocycles. The quantitative estimate of drug-likeness (QED) is 0.752. The molecule has 0 bridgehead atoms. The standard InChI is InChI=1S/C11H10N2O2/c1-13-9(7-14)6-11(12-13)8-2-4-10(15)5-3-8/h2-7,15H,1H3. The molecule has 4 nitrogen and oxygen atoms in total. The van der Waals surface area contributed by atoms with Gasteiger partial charge in [-0.1, -0.05) is 0 Å². The Labute approximate surface area is 86.8 Å². The van der Waals surface area contributed by atoms with Gasteiger partial charge >= 0.3 is 0 Å². The lowest BCUT2D eigenvalue weighted by Crippen LogP contribution is -1.95. The van der Waals surface area contributed by atoms with Gasteiger partial charge in [-0.25, -0.2) is 0 Å². The number of aryl methyl sites for hydroxylation is 1. The largest absolute Gasteiger partial charge is 0.508 e. The minimum Gasteiger partial charge on any atom is -0.508 e. The molecule has 76 valence electrons. The number of aromatic nitrogens is 2. The molecule has 15 heavy (non-hydrogen) atoms. The molecule has 0 aliphatic heterocycles. The first kappa shape index (κ1) is 9.45. The zero-order valence-electron chi connectivity index (χ0n) is 8.21. The number of nitrogens with zero attached hydrogens (tertiary/aromatic N) is 2. The fraction of sp³-hybridized carbons (Fsp3) is 0.0909. The van der Waals surface area contributed by atoms with E-state index in [1.54, 1.807) is 37.4 Å². The summed E-state index contributed by atoms with van der Waals surface area (Å²) >= 11 is 0. The van der Waals surface area contributed by atoms with Gasteiger partial charge < -0.3 is 5.11 Å². The first-order chi connectivity index (χ1) is 7.20. The Kier molecular flexibility index (Phi) is 2.25. The topological polar surface area (TPSA) is 55.1 Å². The maximum atomic E-state index is 10.6. The monoisotopic (exact) mass is 202 g/mol. The third-order valence-corrected chi connectivity index (χ3v) is 2.20. The van der Waals surface area contributed by atoms with Gasteiger partial charge in [0.15, 0.2) is 6.29 Å². The third-order valence-electron chi connectivity index (χ3n) is 2.20. The molecule has 0 fully saturated rings. The molecule has 0 saturated carbocycles. The summed E-state index contributed by atoms with van der Waals surface area (Å²) in [6.45, 7) is 0. The zero-order chi connectivity index (χ0) is 10.8. The predicted octanol–water partition coefficient (Wildman–Crippen LogP) is 1.61. The van der Waals surface area contributed by atoms with E-state index in [2.05, 4.69) is 5.10 Å². The fourth-order valence-electron chi connectivity index (χ4n) is 1.37. The normalized spacial score (nSPS) is 10.2. The van der Waals surface area contributed by atoms with Crippen LogP contribution >= 0.6 is 0 Å². The third kappa shape index (κ3) is 1.74. The first-order valence-electron chi connectivity index (χ1n) is 4.49. The molecule has 1 aromatic carbocycles. The van der Waals surface area contributed by atoms with E-state index in [9.17, 15) is 4.79 Å². The Hall–Kier alpha value is -2.10. The van der Waals surface area contributed by atoms with Crippen LogP contribution in [0.2, 0.25) is 0 Å². The number of phenols is 1. The van der Waals surface area contributed by atoms with Gasteiger partial charge in [0.25, 0.3) is 0 Å². The average molecular weight is 202 g/mol. The maximum Gasteiger partial charge on any atom is 0.168 e. The maximum absolute atomic E-state index is 10.6. The second-order valence-corrected chi connectivity index (χ2v) is 3.24. The highest BCUT2D eigenvalue weighted by Crippen LogP contribution is 2.20. The SMILES string of the molecule is Cn1nc(-c2ccc(O)cc2)cc1C=O. The summed E-state index contributed by atoms with van der Waals surface area (Å²) in [5, 5.41) is 13.3. The van der Waals surface area contributed by atoms with E-state index in [1.165, 1.54) is 4.68 Å². The number of aromatic hydroxyl groups is 1. The summed E-state index contributed by atoms with van der Waals surface area (Å²) in [6, 6.07) is 8.40. The van der Waals surface area contributed by atoms with Crippen LogP contribution in [0.3, 0.4) is 0 Å². The molecule has 0 amide bonds. The Morgan fingerprint density at radius 1 is 1.33 bits per heavy atom. The van der Waals surface area contributed by atoms with Crippen molar-refractivity contribution in [1.82, 2.24) is 9.78 Å². The van der Waals surface area contributed by atoms with Gasteiger partial charge in [-0.2, -0.15) is 5.10 Å². The molecule has 0 atom stereocenters. The molecule has 1 N–H and O–H groups in total. The van der Waals surface area contributed by atoms with Crippen molar-refractivity contribution in [2.45, 2.75) is 0 Å². The molecular formula is C11H10N2O2. The van der Waals surface area contributed by atoms with Crippen LogP contribution in [0, 0.1) is 0 Å². The van der Waals surface area contributed by atoms with Gasteiger partial charge in [-0.15, -0.1) is 0 Å². The van der Waals surface area contributed by atoms with Crippen LogP contribution in [0.4, 0.5) is 0 Å². The highest BCUT2D eigenvalue weighted by atomic mass is 16.3. The number of hydrogen-bond acceptors (Lipinski definition) is 3. The van der Waals surface area contributed by atoms with Crippen LogP contribution in [0.15, 0.2) is 30.3 Å². The van der Waals surface area contributed by atoms with Gasteiger partial charge in [-0.3, -0.25) is 9.48 Å². The number of phenolic OH excluding ortho intramolecular Hbond substituents is 1. The van der Waals surface area contributed by atoms with Crippen LogP contribution in [-0.2, 0) is 7.05 Å². The molecule has 0 saturated heterocycles. The fourth-order valence-corrected chi connectivity index (χ4v) is 1.37. The minimum absolute atomic E-state index is 0.213. The van der Waals surface area contributed by atoms with E-state index in [1.807, 2.05) is 0 Å². The van der Waals surface area contributed by atoms with Crippen molar-refractivity contribution < 1.29 is 9.90 Å². The van der Waals surface area contributed by atoms with E-state index < -0.39 is 0 Å². The van der Waals surface area contributed by atoms with Gasteiger partial charge in [0.2, 0.25) is 0 Å². The second kappa shape index (κ2) is 3.57. The van der Waals surface area contributed by atoms with E-state index in [0.29, 0.717) is 5.69 Å². The molecule has 0 aliphatic carbocycles. The summed E-state index contributed by atoms with van der Waals surface area (Å²) in [5.41, 5.74) is 2.12. The van der Waals surface area contributed by atoms with Crippen molar-refractivity contribution >= 4 is 6.29 Å². The Balaban J connectivity index is 2.45. The molecule has 0 spiro atoms. The highest BCUT2D eigenvalue weighted by molar-refractivity contribution is 5.75. The van der Waals surface area contributed by atoms with Crippen molar-refractivity contribution in [3.63, 3.8) is 0 Å². The van der Waals surface area contributed by atoms with Crippen LogP contribution < -0.4 is 0 Å². The lowest BCUT2D eigenvalue weighted by Gasteiger charge is -1.95. The smallest absolute Gasteiger partial charge is 0.168 e. The number of carbonyl (C=O) groups excluding carboxylic acids is 1. The van der Waals surface area contributed by atoms with Crippen molar-refractivity contribution in [2.24, 2.45) is 7.05 Å². The summed E-state index contributed by atoms with van der Waals surface area (Å²) < 4.78 is 1.52. The van der Waals surface area contributed by atoms with Crippen LogP contribution in [0.1, 0.15) is 10.5 Å². The number of hydrogen-bond donors (Lipinski definition) is 1. The molecule has 0 aliphatic rings. The van der Waals surface area contributed by atoms with Crippen LogP contribution in [-0.4, -0.2) is 21.2 Å². The molecule has 1 aromatic heterocycles. The van der Waals surface area contributed by atoms with Gasteiger partial charge in [0.1, 0.15) is 11.4 Å². The van der Waals surface area contributed by atoms with Crippen molar-refractivity contribution in [1.29, 1.82) is 0 Å². The van der Waals surface area contributed by atoms with E-state index in [-0.39, 0.29) is 5.75 Å². The summed E-state index contributed by atoms with van der Waals surface area (Å²) in [6.07, 6.45) is 0.761. The van der Waals surface area contributed by atoms with Crippen LogP contribution in [0.25, 0.3) is 11.3 Å². The molecular weight excluding hydrogens is 192 g/mol. The number of aldehydes is 1. The lowest BCUT2D eigenvalue weighted by molar-refractivity contribution is 0.111. The van der Waals surface area contributed by atoms with Gasteiger partial charge in [0, 0.05) is 12.6 Å². The summed E-state index contributed by atoms with van der Waals surface area (Å²) in [7, 11) is 1.72. The van der Waals surface area contributed by atoms with Crippen molar-refractivity contribution in [3.05, 3.63) is 36.0 Å². The highest BCUT2D eigenvalue weighted by Gasteiger charge is 2.05. The summed E-state index contributed by atoms with van der Waals surface area (Å²) in [5.74, 6) is 0.213.